The van der Waals surface area contributed by atoms with Crippen molar-refractivity contribution in [3.05, 3.63) is 94.3 Å². The van der Waals surface area contributed by atoms with Crippen LogP contribution < -0.4 is 5.32 Å². The summed E-state index contributed by atoms with van der Waals surface area (Å²) in [4.78, 5) is 24.4. The minimum absolute atomic E-state index is 0.0309. The number of hydrogen-bond donors (Lipinski definition) is 1. The van der Waals surface area contributed by atoms with Gasteiger partial charge in [-0.15, -0.1) is 0 Å². The molecule has 190 valence electrons. The van der Waals surface area contributed by atoms with E-state index >= 15 is 0 Å². The molecule has 0 heterocycles. The Bertz CT molecular complexity index is 1310. The van der Waals surface area contributed by atoms with Gasteiger partial charge in [0, 0.05) is 22.8 Å². The summed E-state index contributed by atoms with van der Waals surface area (Å²) >= 11 is 6.13. The fourth-order valence-corrected chi connectivity index (χ4v) is 4.98. The number of ether oxygens (including phenoxy) is 1. The number of aryl methyl sites for hydroxylation is 1. The van der Waals surface area contributed by atoms with Crippen molar-refractivity contribution in [3.63, 3.8) is 0 Å². The third-order valence-corrected chi connectivity index (χ3v) is 7.43. The van der Waals surface area contributed by atoms with Gasteiger partial charge < -0.3 is 10.1 Å². The third-order valence-electron chi connectivity index (χ3n) is 5.27. The number of sulfonamides is 1. The van der Waals surface area contributed by atoms with E-state index in [-0.39, 0.29) is 34.5 Å². The van der Waals surface area contributed by atoms with Gasteiger partial charge in [0.15, 0.2) is 0 Å². The zero-order valence-electron chi connectivity index (χ0n) is 19.8. The highest BCUT2D eigenvalue weighted by Crippen LogP contribution is 2.25. The average Bonchev–Trinajstić information content (AvgIpc) is 2.82. The Balaban J connectivity index is 1.81. The van der Waals surface area contributed by atoms with Crippen LogP contribution in [0.3, 0.4) is 0 Å². The quantitative estimate of drug-likeness (QED) is 0.381. The molecule has 1 amide bonds. The molecule has 0 saturated heterocycles. The topological polar surface area (TPSA) is 92.8 Å². The number of nitrogens with one attached hydrogen (secondary N) is 1. The highest BCUT2D eigenvalue weighted by Gasteiger charge is 2.28. The largest absolute Gasteiger partial charge is 0.466 e. The molecule has 0 saturated carbocycles. The van der Waals surface area contributed by atoms with Crippen molar-refractivity contribution in [1.29, 1.82) is 0 Å². The molecule has 10 heteroatoms. The average molecular weight is 533 g/mol. The second kappa shape index (κ2) is 12.1. The predicted molar refractivity (Wildman–Crippen MR) is 136 cm³/mol. The van der Waals surface area contributed by atoms with Gasteiger partial charge in [-0.05, 0) is 55.8 Å². The van der Waals surface area contributed by atoms with Crippen molar-refractivity contribution in [3.8, 4) is 0 Å². The van der Waals surface area contributed by atoms with Gasteiger partial charge in [-0.1, -0.05) is 47.5 Å². The van der Waals surface area contributed by atoms with Crippen LogP contribution in [0.4, 0.5) is 10.1 Å². The number of benzene rings is 3. The number of anilines is 1. The molecule has 0 atom stereocenters. The first-order valence-electron chi connectivity index (χ1n) is 11.1. The molecular formula is C26H26ClFN2O5S. The molecule has 3 rings (SSSR count). The van der Waals surface area contributed by atoms with Crippen molar-refractivity contribution in [2.24, 2.45) is 0 Å². The molecule has 3 aromatic carbocycles. The van der Waals surface area contributed by atoms with Crippen LogP contribution in [-0.2, 0) is 37.3 Å². The molecular weight excluding hydrogens is 507 g/mol. The highest BCUT2D eigenvalue weighted by molar-refractivity contribution is 7.89. The van der Waals surface area contributed by atoms with Gasteiger partial charge in [-0.2, -0.15) is 4.31 Å². The molecule has 0 spiro atoms. The summed E-state index contributed by atoms with van der Waals surface area (Å²) in [5, 5.41) is 2.69. The summed E-state index contributed by atoms with van der Waals surface area (Å²) in [6, 6.07) is 16.7. The lowest BCUT2D eigenvalue weighted by Gasteiger charge is -2.23. The minimum Gasteiger partial charge on any atom is -0.466 e. The first-order chi connectivity index (χ1) is 17.1. The van der Waals surface area contributed by atoms with E-state index in [1.807, 2.05) is 6.92 Å². The molecule has 1 N–H and O–H groups in total. The normalized spacial score (nSPS) is 11.4. The van der Waals surface area contributed by atoms with E-state index in [2.05, 4.69) is 5.32 Å². The summed E-state index contributed by atoms with van der Waals surface area (Å²) in [5.74, 6) is -1.67. The Morgan fingerprint density at radius 2 is 1.69 bits per heavy atom. The molecule has 0 bridgehead atoms. The second-order valence-corrected chi connectivity index (χ2v) is 10.4. The number of carbonyl (C=O) groups excluding carboxylic acids is 2. The predicted octanol–water partition coefficient (Wildman–Crippen LogP) is 4.72. The van der Waals surface area contributed by atoms with Crippen LogP contribution in [0.15, 0.2) is 71.6 Å². The maximum atomic E-state index is 14.5. The number of rotatable bonds is 10. The molecule has 7 nitrogen and oxygen atoms in total. The highest BCUT2D eigenvalue weighted by atomic mass is 35.5. The smallest absolute Gasteiger partial charge is 0.310 e. The summed E-state index contributed by atoms with van der Waals surface area (Å²) in [6.45, 7) is 2.81. The van der Waals surface area contributed by atoms with Crippen LogP contribution in [-0.4, -0.2) is 37.8 Å². The standard InChI is InChI=1S/C26H26ClFN2O5S/c1-3-35-26(32)15-19-9-11-20(12-10-19)29-25(31)17-30(16-22-23(27)5-4-6-24(22)28)36(33,34)21-13-7-18(2)8-14-21/h4-14H,3,15-17H2,1-2H3,(H,29,31). The van der Waals surface area contributed by atoms with Gasteiger partial charge >= 0.3 is 5.97 Å². The van der Waals surface area contributed by atoms with Crippen molar-refractivity contribution in [2.75, 3.05) is 18.5 Å². The summed E-state index contributed by atoms with van der Waals surface area (Å²) < 4.78 is 47.1. The van der Waals surface area contributed by atoms with E-state index in [4.69, 9.17) is 16.3 Å². The van der Waals surface area contributed by atoms with Crippen molar-refractivity contribution >= 4 is 39.2 Å². The Hall–Kier alpha value is -3.27. The lowest BCUT2D eigenvalue weighted by Crippen LogP contribution is -2.38. The summed E-state index contributed by atoms with van der Waals surface area (Å²) in [7, 11) is -4.17. The Labute approximate surface area is 214 Å². The summed E-state index contributed by atoms with van der Waals surface area (Å²) in [5.41, 5.74) is 1.93. The van der Waals surface area contributed by atoms with Crippen molar-refractivity contribution in [1.82, 2.24) is 4.31 Å². The van der Waals surface area contributed by atoms with Crippen LogP contribution in [0.25, 0.3) is 0 Å². The van der Waals surface area contributed by atoms with Crippen molar-refractivity contribution < 1.29 is 27.1 Å². The van der Waals surface area contributed by atoms with Gasteiger partial charge in [-0.25, -0.2) is 12.8 Å². The molecule has 3 aromatic rings. The molecule has 0 aliphatic heterocycles. The zero-order chi connectivity index (χ0) is 26.3. The third kappa shape index (κ3) is 7.13. The monoisotopic (exact) mass is 532 g/mol. The van der Waals surface area contributed by atoms with Crippen LogP contribution in [0.1, 0.15) is 23.6 Å². The number of hydrogen-bond acceptors (Lipinski definition) is 5. The number of carbonyl (C=O) groups is 2. The number of nitrogens with zero attached hydrogens (tertiary/aromatic N) is 1. The molecule has 0 aromatic heterocycles. The van der Waals surface area contributed by atoms with Gasteiger partial charge in [0.2, 0.25) is 15.9 Å². The fraction of sp³-hybridized carbons (Fsp3) is 0.231. The van der Waals surface area contributed by atoms with E-state index in [0.29, 0.717) is 11.3 Å². The molecule has 0 aliphatic rings. The van der Waals surface area contributed by atoms with E-state index < -0.39 is 34.8 Å². The molecule has 36 heavy (non-hydrogen) atoms. The fourth-order valence-electron chi connectivity index (χ4n) is 3.39. The van der Waals surface area contributed by atoms with Gasteiger partial charge in [0.25, 0.3) is 0 Å². The maximum absolute atomic E-state index is 14.5. The number of esters is 1. The van der Waals surface area contributed by atoms with E-state index in [1.165, 1.54) is 30.3 Å². The zero-order valence-corrected chi connectivity index (χ0v) is 21.4. The SMILES string of the molecule is CCOC(=O)Cc1ccc(NC(=O)CN(Cc2c(F)cccc2Cl)S(=O)(=O)c2ccc(C)cc2)cc1. The maximum Gasteiger partial charge on any atom is 0.310 e. The van der Waals surface area contributed by atoms with Gasteiger partial charge in [-0.3, -0.25) is 9.59 Å². The van der Waals surface area contributed by atoms with Crippen LogP contribution >= 0.6 is 11.6 Å². The first-order valence-corrected chi connectivity index (χ1v) is 13.0. The summed E-state index contributed by atoms with van der Waals surface area (Å²) in [6.07, 6.45) is 0.0913. The number of halogens is 2. The minimum atomic E-state index is -4.17. The Morgan fingerprint density at radius 3 is 2.31 bits per heavy atom. The lowest BCUT2D eigenvalue weighted by molar-refractivity contribution is -0.142. The van der Waals surface area contributed by atoms with E-state index in [0.717, 1.165) is 9.87 Å². The Morgan fingerprint density at radius 1 is 1.03 bits per heavy atom. The van der Waals surface area contributed by atoms with E-state index in [1.54, 1.807) is 43.3 Å². The van der Waals surface area contributed by atoms with Gasteiger partial charge in [0.05, 0.1) is 24.5 Å². The van der Waals surface area contributed by atoms with Crippen LogP contribution in [0.2, 0.25) is 5.02 Å². The number of amides is 1. The lowest BCUT2D eigenvalue weighted by atomic mass is 10.1. The molecule has 0 aliphatic carbocycles. The van der Waals surface area contributed by atoms with Crippen LogP contribution in [0, 0.1) is 12.7 Å². The molecule has 0 unspecified atom stereocenters. The molecule has 0 fully saturated rings. The van der Waals surface area contributed by atoms with Crippen molar-refractivity contribution in [2.45, 2.75) is 31.7 Å². The van der Waals surface area contributed by atoms with Gasteiger partial charge in [0.1, 0.15) is 5.82 Å². The van der Waals surface area contributed by atoms with E-state index in [9.17, 15) is 22.4 Å². The molecule has 0 radical (unpaired) electrons. The first kappa shape index (κ1) is 27.3. The Kier molecular flexibility index (Phi) is 9.19. The van der Waals surface area contributed by atoms with Crippen LogP contribution in [0.5, 0.6) is 0 Å². The second-order valence-electron chi connectivity index (χ2n) is 8.01.